The van der Waals surface area contributed by atoms with Gasteiger partial charge in [-0.3, -0.25) is 9.59 Å². The van der Waals surface area contributed by atoms with Crippen LogP contribution in [0.25, 0.3) is 0 Å². The van der Waals surface area contributed by atoms with Gasteiger partial charge in [0.1, 0.15) is 10.7 Å². The van der Waals surface area contributed by atoms with E-state index in [9.17, 15) is 14.0 Å². The number of nitrogens with two attached hydrogens (primary N) is 1. The van der Waals surface area contributed by atoms with Crippen LogP contribution in [0.1, 0.15) is 38.4 Å². The highest BCUT2D eigenvalue weighted by Crippen LogP contribution is 2.26. The number of halogens is 1. The summed E-state index contributed by atoms with van der Waals surface area (Å²) in [6.45, 7) is 1.61. The maximum atomic E-state index is 14.2. The van der Waals surface area contributed by atoms with Crippen LogP contribution in [0.5, 0.6) is 0 Å². The van der Waals surface area contributed by atoms with Gasteiger partial charge in [-0.05, 0) is 24.6 Å². The van der Waals surface area contributed by atoms with Gasteiger partial charge in [0.25, 0.3) is 11.8 Å². The molecule has 0 saturated heterocycles. The Labute approximate surface area is 152 Å². The van der Waals surface area contributed by atoms with Crippen LogP contribution in [0.4, 0.5) is 15.2 Å². The molecule has 1 heterocycles. The fraction of sp³-hybridized carbons (Fsp3) is 0.235. The van der Waals surface area contributed by atoms with Gasteiger partial charge in [-0.2, -0.15) is 5.26 Å². The van der Waals surface area contributed by atoms with Crippen molar-refractivity contribution in [1.82, 2.24) is 4.98 Å². The minimum Gasteiger partial charge on any atom is -0.375 e. The van der Waals surface area contributed by atoms with Crippen LogP contribution in [0.3, 0.4) is 0 Å². The molecule has 0 bridgehead atoms. The average Bonchev–Trinajstić information content (AvgIpc) is 2.99. The molecule has 1 aliphatic rings. The Morgan fingerprint density at radius 3 is 2.81 bits per heavy atom. The minimum absolute atomic E-state index is 0.133. The molecule has 1 saturated carbocycles. The lowest BCUT2D eigenvalue weighted by atomic mass is 9.84. The molecule has 1 aliphatic carbocycles. The molecule has 1 aromatic carbocycles. The molecule has 26 heavy (non-hydrogen) atoms. The van der Waals surface area contributed by atoms with Gasteiger partial charge in [0, 0.05) is 24.2 Å². The normalized spacial score (nSPS) is 15.7. The molecule has 1 fully saturated rings. The lowest BCUT2D eigenvalue weighted by Gasteiger charge is -2.20. The SMILES string of the molecule is Cc1cc(F)c(C(=O)N=C2CC(C#N)C2)cc1NC(=O)c1cnc(N)s1. The van der Waals surface area contributed by atoms with Crippen LogP contribution in [0, 0.1) is 30.0 Å². The molecule has 3 rings (SSSR count). The highest BCUT2D eigenvalue weighted by Gasteiger charge is 2.26. The maximum absolute atomic E-state index is 14.2. The van der Waals surface area contributed by atoms with Crippen molar-refractivity contribution >= 4 is 39.7 Å². The minimum atomic E-state index is -0.730. The topological polar surface area (TPSA) is 121 Å². The first-order chi connectivity index (χ1) is 12.4. The summed E-state index contributed by atoms with van der Waals surface area (Å²) < 4.78 is 14.2. The number of nitriles is 1. The number of benzene rings is 1. The van der Waals surface area contributed by atoms with Gasteiger partial charge >= 0.3 is 0 Å². The van der Waals surface area contributed by atoms with Crippen molar-refractivity contribution in [2.24, 2.45) is 10.9 Å². The summed E-state index contributed by atoms with van der Waals surface area (Å²) in [5, 5.41) is 11.6. The second-order valence-electron chi connectivity index (χ2n) is 5.88. The van der Waals surface area contributed by atoms with E-state index >= 15 is 0 Å². The first-order valence-corrected chi connectivity index (χ1v) is 8.52. The van der Waals surface area contributed by atoms with E-state index in [1.807, 2.05) is 0 Å². The number of rotatable bonds is 3. The number of carbonyl (C=O) groups excluding carboxylic acids is 2. The molecule has 0 radical (unpaired) electrons. The molecule has 132 valence electrons. The fourth-order valence-corrected chi connectivity index (χ4v) is 3.02. The first kappa shape index (κ1) is 17.7. The molecule has 2 amide bonds. The molecule has 7 nitrogen and oxygen atoms in total. The third kappa shape index (κ3) is 3.60. The monoisotopic (exact) mass is 371 g/mol. The van der Waals surface area contributed by atoms with Gasteiger partial charge in [-0.25, -0.2) is 14.4 Å². The fourth-order valence-electron chi connectivity index (χ4n) is 2.44. The van der Waals surface area contributed by atoms with Crippen LogP contribution in [0.15, 0.2) is 23.3 Å². The van der Waals surface area contributed by atoms with Crippen molar-refractivity contribution in [1.29, 1.82) is 5.26 Å². The zero-order valence-electron chi connectivity index (χ0n) is 13.7. The van der Waals surface area contributed by atoms with Crippen LogP contribution in [-0.2, 0) is 0 Å². The van der Waals surface area contributed by atoms with Gasteiger partial charge in [0.15, 0.2) is 5.13 Å². The molecule has 0 unspecified atom stereocenters. The number of hydrogen-bond donors (Lipinski definition) is 2. The lowest BCUT2D eigenvalue weighted by molar-refractivity contribution is 0.0994. The third-order valence-electron chi connectivity index (χ3n) is 3.95. The van der Waals surface area contributed by atoms with Crippen molar-refractivity contribution in [3.8, 4) is 6.07 Å². The van der Waals surface area contributed by atoms with E-state index in [2.05, 4.69) is 21.4 Å². The Balaban J connectivity index is 1.82. The number of nitrogens with one attached hydrogen (secondary N) is 1. The second kappa shape index (κ2) is 7.01. The molecule has 9 heteroatoms. The van der Waals surface area contributed by atoms with Crippen molar-refractivity contribution < 1.29 is 14.0 Å². The number of anilines is 2. The number of nitrogens with zero attached hydrogens (tertiary/aromatic N) is 3. The van der Waals surface area contributed by atoms with E-state index in [0.29, 0.717) is 34.7 Å². The number of aliphatic imine (C=N–C) groups is 1. The van der Waals surface area contributed by atoms with Crippen molar-refractivity contribution in [3.63, 3.8) is 0 Å². The van der Waals surface area contributed by atoms with Gasteiger partial charge in [-0.1, -0.05) is 11.3 Å². The maximum Gasteiger partial charge on any atom is 0.279 e. The predicted octanol–water partition coefficient (Wildman–Crippen LogP) is 2.94. The zero-order chi connectivity index (χ0) is 18.8. The number of nitrogen functional groups attached to an aromatic ring is 1. The molecular weight excluding hydrogens is 357 g/mol. The Morgan fingerprint density at radius 1 is 1.46 bits per heavy atom. The van der Waals surface area contributed by atoms with Crippen molar-refractivity contribution in [3.05, 3.63) is 40.2 Å². The predicted molar refractivity (Wildman–Crippen MR) is 95.7 cm³/mol. The summed E-state index contributed by atoms with van der Waals surface area (Å²) in [5.74, 6) is -2.03. The number of thiazole rings is 1. The molecule has 3 N–H and O–H groups in total. The smallest absolute Gasteiger partial charge is 0.279 e. The van der Waals surface area contributed by atoms with E-state index in [1.54, 1.807) is 6.92 Å². The standard InChI is InChI=1S/C17H14FN5O2S/c1-8-2-12(18)11(15(24)22-10-3-9(4-10)6-19)5-13(8)23-16(25)14-7-21-17(20)26-14/h2,5,7,9H,3-4H2,1H3,(H2,20,21)(H,23,25). The average molecular weight is 371 g/mol. The van der Waals surface area contributed by atoms with Gasteiger partial charge in [-0.15, -0.1) is 0 Å². The van der Waals surface area contributed by atoms with E-state index in [1.165, 1.54) is 18.3 Å². The van der Waals surface area contributed by atoms with Gasteiger partial charge in [0.05, 0.1) is 23.7 Å². The number of amides is 2. The highest BCUT2D eigenvalue weighted by atomic mass is 32.1. The van der Waals surface area contributed by atoms with E-state index in [0.717, 1.165) is 11.3 Å². The molecule has 0 aliphatic heterocycles. The Bertz CT molecular complexity index is 968. The molecule has 0 spiro atoms. The number of aryl methyl sites for hydroxylation is 1. The zero-order valence-corrected chi connectivity index (χ0v) is 14.6. The highest BCUT2D eigenvalue weighted by molar-refractivity contribution is 7.17. The quantitative estimate of drug-likeness (QED) is 0.859. The largest absolute Gasteiger partial charge is 0.375 e. The number of carbonyl (C=O) groups is 2. The summed E-state index contributed by atoms with van der Waals surface area (Å²) >= 11 is 1.02. The summed E-state index contributed by atoms with van der Waals surface area (Å²) in [7, 11) is 0. The van der Waals surface area contributed by atoms with Crippen LogP contribution < -0.4 is 11.1 Å². The molecule has 1 aromatic heterocycles. The summed E-state index contributed by atoms with van der Waals surface area (Å²) in [6.07, 6.45) is 2.19. The van der Waals surface area contributed by atoms with Crippen molar-refractivity contribution in [2.45, 2.75) is 19.8 Å². The first-order valence-electron chi connectivity index (χ1n) is 7.70. The van der Waals surface area contributed by atoms with Crippen molar-refractivity contribution in [2.75, 3.05) is 11.1 Å². The molecule has 0 atom stereocenters. The molecule has 2 aromatic rings. The lowest BCUT2D eigenvalue weighted by Crippen LogP contribution is -2.23. The Hall–Kier alpha value is -3.12. The van der Waals surface area contributed by atoms with E-state index in [4.69, 9.17) is 11.0 Å². The van der Waals surface area contributed by atoms with Gasteiger partial charge < -0.3 is 11.1 Å². The number of hydrogen-bond acceptors (Lipinski definition) is 6. The summed E-state index contributed by atoms with van der Waals surface area (Å²) in [4.78, 5) is 32.4. The van der Waals surface area contributed by atoms with Crippen LogP contribution in [0.2, 0.25) is 0 Å². The summed E-state index contributed by atoms with van der Waals surface area (Å²) in [5.41, 5.74) is 6.61. The van der Waals surface area contributed by atoms with Crippen LogP contribution in [-0.4, -0.2) is 22.5 Å². The third-order valence-corrected chi connectivity index (χ3v) is 4.77. The second-order valence-corrected chi connectivity index (χ2v) is 6.94. The van der Waals surface area contributed by atoms with Gasteiger partial charge in [0.2, 0.25) is 0 Å². The van der Waals surface area contributed by atoms with Crippen LogP contribution >= 0.6 is 11.3 Å². The Morgan fingerprint density at radius 2 is 2.19 bits per heavy atom. The van der Waals surface area contributed by atoms with E-state index < -0.39 is 17.6 Å². The molecular formula is C17H14FN5O2S. The van der Waals surface area contributed by atoms with E-state index in [-0.39, 0.29) is 16.6 Å². The summed E-state index contributed by atoms with van der Waals surface area (Å²) in [6, 6.07) is 4.52. The number of aromatic nitrogens is 1. The Kier molecular flexibility index (Phi) is 4.77.